The molecule has 0 fully saturated rings. The number of hydrogen-bond acceptors (Lipinski definition) is 1. The first-order chi connectivity index (χ1) is 8.13. The summed E-state index contributed by atoms with van der Waals surface area (Å²) < 4.78 is 0. The van der Waals surface area contributed by atoms with Crippen molar-refractivity contribution in [1.29, 1.82) is 0 Å². The summed E-state index contributed by atoms with van der Waals surface area (Å²) in [4.78, 5) is 10.9. The second-order valence-electron chi connectivity index (χ2n) is 4.70. The zero-order valence-corrected chi connectivity index (χ0v) is 10.8. The van der Waals surface area contributed by atoms with Crippen LogP contribution in [0.5, 0.6) is 0 Å². The molecule has 1 atom stereocenters. The molecular weight excluding hydrogens is 212 g/mol. The van der Waals surface area contributed by atoms with E-state index in [1.54, 1.807) is 0 Å². The van der Waals surface area contributed by atoms with E-state index in [1.807, 2.05) is 25.1 Å². The van der Waals surface area contributed by atoms with Gasteiger partial charge in [0.1, 0.15) is 0 Å². The third-order valence-corrected chi connectivity index (χ3v) is 3.09. The molecule has 0 bridgehead atoms. The van der Waals surface area contributed by atoms with E-state index < -0.39 is 5.97 Å². The zero-order chi connectivity index (χ0) is 12.7. The summed E-state index contributed by atoms with van der Waals surface area (Å²) in [6.45, 7) is 4.21. The predicted octanol–water partition coefficient (Wildman–Crippen LogP) is 4.13. The molecule has 1 unspecified atom stereocenters. The number of benzene rings is 1. The lowest BCUT2D eigenvalue weighted by atomic mass is 9.89. The maximum Gasteiger partial charge on any atom is 0.303 e. The van der Waals surface area contributed by atoms with Crippen molar-refractivity contribution in [1.82, 2.24) is 0 Å². The maximum absolute atomic E-state index is 10.9. The van der Waals surface area contributed by atoms with Crippen molar-refractivity contribution in [2.24, 2.45) is 0 Å². The molecule has 2 heteroatoms. The highest BCUT2D eigenvalue weighted by Gasteiger charge is 2.15. The number of unbranched alkanes of at least 4 members (excludes halogenated alkanes) is 2. The van der Waals surface area contributed by atoms with E-state index in [9.17, 15) is 4.79 Å². The molecule has 0 heterocycles. The fourth-order valence-corrected chi connectivity index (χ4v) is 2.16. The summed E-state index contributed by atoms with van der Waals surface area (Å²) in [7, 11) is 0. The van der Waals surface area contributed by atoms with Crippen LogP contribution in [0.3, 0.4) is 0 Å². The Morgan fingerprint density at radius 3 is 2.71 bits per heavy atom. The quantitative estimate of drug-likeness (QED) is 0.720. The minimum absolute atomic E-state index is 0.166. The van der Waals surface area contributed by atoms with Crippen LogP contribution in [0.2, 0.25) is 0 Å². The highest BCUT2D eigenvalue weighted by molar-refractivity contribution is 5.68. The van der Waals surface area contributed by atoms with E-state index >= 15 is 0 Å². The molecule has 0 aliphatic heterocycles. The van der Waals surface area contributed by atoms with Crippen molar-refractivity contribution in [3.05, 3.63) is 35.4 Å². The van der Waals surface area contributed by atoms with Crippen LogP contribution in [-0.4, -0.2) is 11.1 Å². The summed E-state index contributed by atoms with van der Waals surface area (Å²) >= 11 is 0. The van der Waals surface area contributed by atoms with E-state index in [-0.39, 0.29) is 12.3 Å². The topological polar surface area (TPSA) is 37.3 Å². The van der Waals surface area contributed by atoms with Crippen LogP contribution in [0.1, 0.15) is 56.1 Å². The monoisotopic (exact) mass is 234 g/mol. The molecule has 0 saturated carbocycles. The van der Waals surface area contributed by atoms with Gasteiger partial charge in [0.25, 0.3) is 0 Å². The van der Waals surface area contributed by atoms with Gasteiger partial charge in [0.15, 0.2) is 0 Å². The molecule has 0 radical (unpaired) electrons. The van der Waals surface area contributed by atoms with Gasteiger partial charge in [-0.15, -0.1) is 0 Å². The molecule has 1 aromatic rings. The van der Waals surface area contributed by atoms with Crippen molar-refractivity contribution in [3.63, 3.8) is 0 Å². The van der Waals surface area contributed by atoms with E-state index in [1.165, 1.54) is 24.0 Å². The minimum Gasteiger partial charge on any atom is -0.481 e. The fourth-order valence-electron chi connectivity index (χ4n) is 2.16. The number of rotatable bonds is 7. The van der Waals surface area contributed by atoms with Crippen molar-refractivity contribution in [3.8, 4) is 0 Å². The highest BCUT2D eigenvalue weighted by Crippen LogP contribution is 2.26. The first kappa shape index (κ1) is 13.8. The summed E-state index contributed by atoms with van der Waals surface area (Å²) in [6, 6.07) is 8.22. The van der Waals surface area contributed by atoms with Gasteiger partial charge in [0.2, 0.25) is 0 Å². The summed E-state index contributed by atoms with van der Waals surface area (Å²) in [5.74, 6) is -0.535. The van der Waals surface area contributed by atoms with Crippen molar-refractivity contribution < 1.29 is 9.90 Å². The second-order valence-corrected chi connectivity index (χ2v) is 4.70. The van der Waals surface area contributed by atoms with E-state index in [4.69, 9.17) is 5.11 Å². The van der Waals surface area contributed by atoms with Gasteiger partial charge >= 0.3 is 5.97 Å². The second kappa shape index (κ2) is 7.10. The average Bonchev–Trinajstić information content (AvgIpc) is 2.27. The molecule has 1 rings (SSSR count). The van der Waals surface area contributed by atoms with E-state index in [0.717, 1.165) is 12.8 Å². The summed E-state index contributed by atoms with van der Waals surface area (Å²) in [6.07, 6.45) is 4.69. The number of hydrogen-bond donors (Lipinski definition) is 1. The SMILES string of the molecule is CCCCCC(CC(=O)O)c1cccc(C)c1. The standard InChI is InChI=1S/C15H22O2/c1-3-4-5-8-14(11-15(16)17)13-9-6-7-12(2)10-13/h6-7,9-10,14H,3-5,8,11H2,1-2H3,(H,16,17). The molecule has 1 N–H and O–H groups in total. The van der Waals surface area contributed by atoms with Crippen molar-refractivity contribution in [2.75, 3.05) is 0 Å². The number of carboxylic acids is 1. The van der Waals surface area contributed by atoms with Crippen LogP contribution in [0.4, 0.5) is 0 Å². The molecule has 0 aliphatic carbocycles. The predicted molar refractivity (Wildman–Crippen MR) is 70.3 cm³/mol. The van der Waals surface area contributed by atoms with E-state index in [2.05, 4.69) is 13.0 Å². The number of aliphatic carboxylic acids is 1. The summed E-state index contributed by atoms with van der Waals surface area (Å²) in [5.41, 5.74) is 2.37. The Bertz CT molecular complexity index is 358. The van der Waals surface area contributed by atoms with Gasteiger partial charge in [-0.25, -0.2) is 0 Å². The Morgan fingerprint density at radius 1 is 1.35 bits per heavy atom. The Balaban J connectivity index is 2.70. The molecule has 2 nitrogen and oxygen atoms in total. The van der Waals surface area contributed by atoms with Gasteiger partial charge in [-0.1, -0.05) is 56.0 Å². The molecule has 1 aromatic carbocycles. The van der Waals surface area contributed by atoms with Gasteiger partial charge in [-0.05, 0) is 24.8 Å². The summed E-state index contributed by atoms with van der Waals surface area (Å²) in [5, 5.41) is 8.97. The van der Waals surface area contributed by atoms with Gasteiger partial charge in [-0.2, -0.15) is 0 Å². The van der Waals surface area contributed by atoms with Gasteiger partial charge in [0, 0.05) is 0 Å². The minimum atomic E-state index is -0.701. The Kier molecular flexibility index (Phi) is 5.75. The van der Waals surface area contributed by atoms with Crippen molar-refractivity contribution in [2.45, 2.75) is 51.9 Å². The molecule has 94 valence electrons. The largest absolute Gasteiger partial charge is 0.481 e. The smallest absolute Gasteiger partial charge is 0.303 e. The first-order valence-corrected chi connectivity index (χ1v) is 6.41. The molecule has 0 saturated heterocycles. The van der Waals surface area contributed by atoms with Crippen LogP contribution in [0.15, 0.2) is 24.3 Å². The number of aryl methyl sites for hydroxylation is 1. The zero-order valence-electron chi connectivity index (χ0n) is 10.8. The van der Waals surface area contributed by atoms with Gasteiger partial charge in [-0.3, -0.25) is 4.79 Å². The van der Waals surface area contributed by atoms with Crippen LogP contribution in [0, 0.1) is 6.92 Å². The lowest BCUT2D eigenvalue weighted by molar-refractivity contribution is -0.137. The average molecular weight is 234 g/mol. The van der Waals surface area contributed by atoms with Crippen LogP contribution >= 0.6 is 0 Å². The third kappa shape index (κ3) is 5.03. The van der Waals surface area contributed by atoms with Crippen LogP contribution in [-0.2, 0) is 4.79 Å². The molecule has 0 aliphatic rings. The fraction of sp³-hybridized carbons (Fsp3) is 0.533. The van der Waals surface area contributed by atoms with E-state index in [0.29, 0.717) is 0 Å². The Hall–Kier alpha value is -1.31. The van der Waals surface area contributed by atoms with Gasteiger partial charge < -0.3 is 5.11 Å². The Morgan fingerprint density at radius 2 is 2.12 bits per heavy atom. The normalized spacial score (nSPS) is 12.4. The maximum atomic E-state index is 10.9. The first-order valence-electron chi connectivity index (χ1n) is 6.41. The van der Waals surface area contributed by atoms with Gasteiger partial charge in [0.05, 0.1) is 6.42 Å². The molecule has 0 amide bonds. The lowest BCUT2D eigenvalue weighted by Gasteiger charge is -2.15. The molecular formula is C15H22O2. The highest BCUT2D eigenvalue weighted by atomic mass is 16.4. The van der Waals surface area contributed by atoms with Crippen LogP contribution in [0.25, 0.3) is 0 Å². The molecule has 0 spiro atoms. The Labute approximate surface area is 104 Å². The van der Waals surface area contributed by atoms with Crippen molar-refractivity contribution >= 4 is 5.97 Å². The number of carboxylic acid groups (broad SMARTS) is 1. The number of carbonyl (C=O) groups is 1. The molecule has 17 heavy (non-hydrogen) atoms. The van der Waals surface area contributed by atoms with Crippen LogP contribution < -0.4 is 0 Å². The molecule has 0 aromatic heterocycles. The lowest BCUT2D eigenvalue weighted by Crippen LogP contribution is -2.06. The third-order valence-electron chi connectivity index (χ3n) is 3.09.